The molecule has 1 aliphatic carbocycles. The lowest BCUT2D eigenvalue weighted by Gasteiger charge is -2.27. The standard InChI is InChI=1S/C11H19N3/c1-2-10-7-13-14(8-10)11(9-12)5-3-4-6-11/h7-8H,2-6,9,12H2,1H3. The van der Waals surface area contributed by atoms with Gasteiger partial charge in [-0.05, 0) is 24.8 Å². The van der Waals surface area contributed by atoms with E-state index in [9.17, 15) is 0 Å². The number of aryl methyl sites for hydroxylation is 1. The zero-order valence-corrected chi connectivity index (χ0v) is 8.87. The van der Waals surface area contributed by atoms with Crippen LogP contribution in [0.5, 0.6) is 0 Å². The molecule has 1 saturated carbocycles. The zero-order chi connectivity index (χ0) is 10.0. The monoisotopic (exact) mass is 193 g/mol. The van der Waals surface area contributed by atoms with Crippen molar-refractivity contribution in [1.82, 2.24) is 9.78 Å². The molecule has 0 saturated heterocycles. The molecule has 1 aliphatic rings. The van der Waals surface area contributed by atoms with E-state index in [2.05, 4.69) is 22.9 Å². The number of hydrogen-bond acceptors (Lipinski definition) is 2. The molecule has 0 aromatic carbocycles. The Labute approximate surface area is 85.3 Å². The molecular weight excluding hydrogens is 174 g/mol. The number of aromatic nitrogens is 2. The van der Waals surface area contributed by atoms with E-state index in [4.69, 9.17) is 5.73 Å². The normalized spacial score (nSPS) is 20.1. The van der Waals surface area contributed by atoms with Crippen molar-refractivity contribution in [3.8, 4) is 0 Å². The maximum atomic E-state index is 5.89. The molecule has 0 radical (unpaired) electrons. The van der Waals surface area contributed by atoms with Crippen LogP contribution < -0.4 is 5.73 Å². The Balaban J connectivity index is 2.26. The summed E-state index contributed by atoms with van der Waals surface area (Å²) in [6, 6.07) is 0. The van der Waals surface area contributed by atoms with Crippen molar-refractivity contribution in [1.29, 1.82) is 0 Å². The van der Waals surface area contributed by atoms with E-state index in [1.165, 1.54) is 31.2 Å². The summed E-state index contributed by atoms with van der Waals surface area (Å²) in [7, 11) is 0. The fourth-order valence-electron chi connectivity index (χ4n) is 2.36. The van der Waals surface area contributed by atoms with Crippen LogP contribution in [0.25, 0.3) is 0 Å². The van der Waals surface area contributed by atoms with Gasteiger partial charge in [-0.25, -0.2) is 0 Å². The molecular formula is C11H19N3. The second-order valence-corrected chi connectivity index (χ2v) is 4.28. The number of hydrogen-bond donors (Lipinski definition) is 1. The molecule has 0 amide bonds. The van der Waals surface area contributed by atoms with Gasteiger partial charge in [0, 0.05) is 12.7 Å². The largest absolute Gasteiger partial charge is 0.328 e. The van der Waals surface area contributed by atoms with Crippen molar-refractivity contribution in [2.45, 2.75) is 44.6 Å². The first-order valence-electron chi connectivity index (χ1n) is 5.55. The summed E-state index contributed by atoms with van der Waals surface area (Å²) in [5.74, 6) is 0. The van der Waals surface area contributed by atoms with Gasteiger partial charge in [-0.3, -0.25) is 4.68 Å². The molecule has 1 aromatic heterocycles. The highest BCUT2D eigenvalue weighted by Crippen LogP contribution is 2.35. The first kappa shape index (κ1) is 9.71. The maximum absolute atomic E-state index is 5.89. The Bertz CT molecular complexity index is 297. The van der Waals surface area contributed by atoms with E-state index in [1.54, 1.807) is 0 Å². The SMILES string of the molecule is CCc1cnn(C2(CN)CCCC2)c1. The Hall–Kier alpha value is -0.830. The summed E-state index contributed by atoms with van der Waals surface area (Å²) in [6.07, 6.45) is 10.1. The van der Waals surface area contributed by atoms with Gasteiger partial charge < -0.3 is 5.73 Å². The van der Waals surface area contributed by atoms with E-state index in [0.717, 1.165) is 13.0 Å². The minimum absolute atomic E-state index is 0.132. The van der Waals surface area contributed by atoms with Gasteiger partial charge >= 0.3 is 0 Å². The third-order valence-electron chi connectivity index (χ3n) is 3.44. The van der Waals surface area contributed by atoms with Crippen molar-refractivity contribution in [2.24, 2.45) is 5.73 Å². The predicted molar refractivity (Wildman–Crippen MR) is 57.1 cm³/mol. The molecule has 1 fully saturated rings. The van der Waals surface area contributed by atoms with Crippen LogP contribution in [0.15, 0.2) is 12.4 Å². The highest BCUT2D eigenvalue weighted by atomic mass is 15.3. The van der Waals surface area contributed by atoms with E-state index in [1.807, 2.05) is 6.20 Å². The quantitative estimate of drug-likeness (QED) is 0.793. The second kappa shape index (κ2) is 3.73. The molecule has 0 spiro atoms. The van der Waals surface area contributed by atoms with Gasteiger partial charge in [0.15, 0.2) is 0 Å². The number of nitrogens with zero attached hydrogens (tertiary/aromatic N) is 2. The molecule has 1 heterocycles. The van der Waals surface area contributed by atoms with Crippen molar-refractivity contribution in [3.05, 3.63) is 18.0 Å². The van der Waals surface area contributed by atoms with Crippen molar-refractivity contribution < 1.29 is 0 Å². The Morgan fingerprint density at radius 3 is 2.71 bits per heavy atom. The Morgan fingerprint density at radius 2 is 2.21 bits per heavy atom. The third-order valence-corrected chi connectivity index (χ3v) is 3.44. The molecule has 0 aliphatic heterocycles. The van der Waals surface area contributed by atoms with Crippen LogP contribution in [0.2, 0.25) is 0 Å². The van der Waals surface area contributed by atoms with Gasteiger partial charge in [0.1, 0.15) is 0 Å². The smallest absolute Gasteiger partial charge is 0.0749 e. The van der Waals surface area contributed by atoms with E-state index in [-0.39, 0.29) is 5.54 Å². The summed E-state index contributed by atoms with van der Waals surface area (Å²) in [5, 5.41) is 4.45. The van der Waals surface area contributed by atoms with Gasteiger partial charge in [0.25, 0.3) is 0 Å². The van der Waals surface area contributed by atoms with Gasteiger partial charge in [-0.1, -0.05) is 19.8 Å². The average molecular weight is 193 g/mol. The van der Waals surface area contributed by atoms with Gasteiger partial charge in [0.05, 0.1) is 11.7 Å². The van der Waals surface area contributed by atoms with Gasteiger partial charge in [0.2, 0.25) is 0 Å². The summed E-state index contributed by atoms with van der Waals surface area (Å²) in [4.78, 5) is 0. The lowest BCUT2D eigenvalue weighted by molar-refractivity contribution is 0.273. The van der Waals surface area contributed by atoms with E-state index in [0.29, 0.717) is 0 Å². The lowest BCUT2D eigenvalue weighted by atomic mass is 9.98. The highest BCUT2D eigenvalue weighted by Gasteiger charge is 2.34. The van der Waals surface area contributed by atoms with Crippen LogP contribution in [0, 0.1) is 0 Å². The van der Waals surface area contributed by atoms with E-state index < -0.39 is 0 Å². The molecule has 78 valence electrons. The van der Waals surface area contributed by atoms with Gasteiger partial charge in [-0.15, -0.1) is 0 Å². The summed E-state index contributed by atoms with van der Waals surface area (Å²) >= 11 is 0. The minimum atomic E-state index is 0.132. The summed E-state index contributed by atoms with van der Waals surface area (Å²) in [6.45, 7) is 2.88. The molecule has 14 heavy (non-hydrogen) atoms. The summed E-state index contributed by atoms with van der Waals surface area (Å²) < 4.78 is 2.11. The third kappa shape index (κ3) is 1.46. The van der Waals surface area contributed by atoms with Crippen LogP contribution in [-0.4, -0.2) is 16.3 Å². The minimum Gasteiger partial charge on any atom is -0.328 e. The van der Waals surface area contributed by atoms with Crippen LogP contribution in [0.3, 0.4) is 0 Å². The molecule has 2 N–H and O–H groups in total. The average Bonchev–Trinajstić information content (AvgIpc) is 2.87. The molecule has 0 unspecified atom stereocenters. The molecule has 0 bridgehead atoms. The second-order valence-electron chi connectivity index (χ2n) is 4.28. The predicted octanol–water partition coefficient (Wildman–Crippen LogP) is 1.67. The van der Waals surface area contributed by atoms with Crippen LogP contribution in [-0.2, 0) is 12.0 Å². The van der Waals surface area contributed by atoms with Crippen molar-refractivity contribution in [3.63, 3.8) is 0 Å². The molecule has 3 heteroatoms. The number of rotatable bonds is 3. The first-order chi connectivity index (χ1) is 6.80. The van der Waals surface area contributed by atoms with E-state index >= 15 is 0 Å². The summed E-state index contributed by atoms with van der Waals surface area (Å²) in [5.41, 5.74) is 7.33. The topological polar surface area (TPSA) is 43.8 Å². The molecule has 3 nitrogen and oxygen atoms in total. The van der Waals surface area contributed by atoms with Gasteiger partial charge in [-0.2, -0.15) is 5.10 Å². The van der Waals surface area contributed by atoms with Crippen LogP contribution >= 0.6 is 0 Å². The molecule has 2 rings (SSSR count). The fraction of sp³-hybridized carbons (Fsp3) is 0.727. The molecule has 1 aromatic rings. The van der Waals surface area contributed by atoms with Crippen molar-refractivity contribution in [2.75, 3.05) is 6.54 Å². The molecule has 0 atom stereocenters. The fourth-order valence-corrected chi connectivity index (χ4v) is 2.36. The Kier molecular flexibility index (Phi) is 2.59. The van der Waals surface area contributed by atoms with Crippen LogP contribution in [0.1, 0.15) is 38.2 Å². The Morgan fingerprint density at radius 1 is 1.50 bits per heavy atom. The lowest BCUT2D eigenvalue weighted by Crippen LogP contribution is -2.38. The number of nitrogens with two attached hydrogens (primary N) is 1. The zero-order valence-electron chi connectivity index (χ0n) is 8.87. The van der Waals surface area contributed by atoms with Crippen LogP contribution in [0.4, 0.5) is 0 Å². The first-order valence-corrected chi connectivity index (χ1v) is 5.55. The highest BCUT2D eigenvalue weighted by molar-refractivity contribution is 5.06. The maximum Gasteiger partial charge on any atom is 0.0749 e. The van der Waals surface area contributed by atoms with Crippen molar-refractivity contribution >= 4 is 0 Å².